The third kappa shape index (κ3) is 1.82. The smallest absolute Gasteiger partial charge is 0.186 e. The maximum Gasteiger partial charge on any atom is 0.458 e. The molecule has 0 heterocycles. The highest BCUT2D eigenvalue weighted by Crippen LogP contribution is 2.46. The lowest BCUT2D eigenvalue weighted by Crippen LogP contribution is -2.54. The largest absolute Gasteiger partial charge is 0.458 e. The number of alkyl halides is 6. The molecule has 0 aliphatic heterocycles. The van der Waals surface area contributed by atoms with Crippen LogP contribution in [0.25, 0.3) is 0 Å². The fourth-order valence-corrected chi connectivity index (χ4v) is 0.266. The van der Waals surface area contributed by atoms with Crippen LogP contribution in [0.5, 0.6) is 0 Å². The van der Waals surface area contributed by atoms with Gasteiger partial charge in [-0.1, -0.05) is 0 Å². The van der Waals surface area contributed by atoms with Crippen molar-refractivity contribution in [1.82, 2.24) is 0 Å². The van der Waals surface area contributed by atoms with Gasteiger partial charge in [-0.3, -0.25) is 0 Å². The van der Waals surface area contributed by atoms with Crippen LogP contribution in [0.2, 0.25) is 0 Å². The van der Waals surface area contributed by atoms with Gasteiger partial charge in [-0.15, -0.1) is 9.88 Å². The molecule has 0 saturated carbocycles. The average molecular weight is 220 g/mol. The van der Waals surface area contributed by atoms with Gasteiger partial charge in [0.15, 0.2) is 0 Å². The summed E-state index contributed by atoms with van der Waals surface area (Å²) < 4.78 is 91.0. The van der Waals surface area contributed by atoms with Gasteiger partial charge < -0.3 is 0 Å². The summed E-state index contributed by atoms with van der Waals surface area (Å²) in [7, 11) is 0. The maximum atomic E-state index is 11.8. The Hall–Kier alpha value is -0.640. The fraction of sp³-hybridized carbons (Fsp3) is 1.00. The average Bonchev–Trinajstić information content (AvgIpc) is 2.03. The molecule has 10 heteroatoms. The SMILES string of the molecule is FOC(F)(F)C(F)(F)C(F)(F)OF. The summed E-state index contributed by atoms with van der Waals surface area (Å²) in [5.41, 5.74) is 0. The highest BCUT2D eigenvalue weighted by Gasteiger charge is 2.76. The predicted octanol–water partition coefficient (Wildman–Crippen LogP) is 2.61. The summed E-state index contributed by atoms with van der Waals surface area (Å²) >= 11 is 0. The molecule has 0 bridgehead atoms. The van der Waals surface area contributed by atoms with Gasteiger partial charge in [0.2, 0.25) is 0 Å². The molecule has 0 aromatic rings. The molecule has 0 atom stereocenters. The van der Waals surface area contributed by atoms with E-state index in [1.54, 1.807) is 0 Å². The molecule has 0 fully saturated rings. The van der Waals surface area contributed by atoms with Crippen molar-refractivity contribution >= 4 is 0 Å². The monoisotopic (exact) mass is 220 g/mol. The van der Waals surface area contributed by atoms with E-state index in [1.165, 1.54) is 9.88 Å². The van der Waals surface area contributed by atoms with Crippen LogP contribution in [0.3, 0.4) is 0 Å². The minimum atomic E-state index is -6.47. The summed E-state index contributed by atoms with van der Waals surface area (Å²) in [5, 5.41) is 0. The second-order valence-electron chi connectivity index (χ2n) is 1.76. The molecule has 0 aromatic heterocycles. The molecule has 0 rings (SSSR count). The molecular weight excluding hydrogens is 220 g/mol. The molecule has 13 heavy (non-hydrogen) atoms. The molecule has 0 spiro atoms. The van der Waals surface area contributed by atoms with E-state index < -0.39 is 18.1 Å². The van der Waals surface area contributed by atoms with Crippen molar-refractivity contribution in [3.8, 4) is 0 Å². The lowest BCUT2D eigenvalue weighted by Gasteiger charge is -2.25. The van der Waals surface area contributed by atoms with E-state index in [1.807, 2.05) is 0 Å². The van der Waals surface area contributed by atoms with E-state index >= 15 is 0 Å². The Kier molecular flexibility index (Phi) is 3.09. The van der Waals surface area contributed by atoms with Crippen LogP contribution in [0.4, 0.5) is 35.4 Å². The van der Waals surface area contributed by atoms with Crippen LogP contribution < -0.4 is 0 Å². The van der Waals surface area contributed by atoms with Crippen LogP contribution in [0.1, 0.15) is 0 Å². The number of halogens is 8. The molecule has 80 valence electrons. The van der Waals surface area contributed by atoms with Crippen molar-refractivity contribution in [1.29, 1.82) is 0 Å². The fourth-order valence-electron chi connectivity index (χ4n) is 0.266. The first-order valence-electron chi connectivity index (χ1n) is 2.35. The summed E-state index contributed by atoms with van der Waals surface area (Å²) in [6.45, 7) is 0. The van der Waals surface area contributed by atoms with E-state index in [0.717, 1.165) is 0 Å². The van der Waals surface area contributed by atoms with Gasteiger partial charge in [0.1, 0.15) is 0 Å². The Morgan fingerprint density at radius 2 is 0.846 bits per heavy atom. The normalized spacial score (nSPS) is 14.8. The minimum Gasteiger partial charge on any atom is -0.186 e. The Bertz CT molecular complexity index is 160. The zero-order chi connectivity index (χ0) is 10.9. The van der Waals surface area contributed by atoms with Gasteiger partial charge in [0.05, 0.1) is 0 Å². The molecule has 0 amide bonds. The van der Waals surface area contributed by atoms with Gasteiger partial charge >= 0.3 is 18.1 Å². The second-order valence-corrected chi connectivity index (χ2v) is 1.76. The van der Waals surface area contributed by atoms with Crippen molar-refractivity contribution < 1.29 is 45.3 Å². The molecule has 0 radical (unpaired) electrons. The third-order valence-corrected chi connectivity index (χ3v) is 0.925. The quantitative estimate of drug-likeness (QED) is 0.678. The molecule has 0 aliphatic rings. The number of hydrogen-bond donors (Lipinski definition) is 0. The lowest BCUT2D eigenvalue weighted by atomic mass is 10.3. The number of rotatable bonds is 4. The van der Waals surface area contributed by atoms with Crippen molar-refractivity contribution in [2.24, 2.45) is 0 Å². The highest BCUT2D eigenvalue weighted by molar-refractivity contribution is 4.84. The molecule has 0 aliphatic carbocycles. The molecule has 0 unspecified atom stereocenters. The first kappa shape index (κ1) is 12.4. The Balaban J connectivity index is 4.95. The van der Waals surface area contributed by atoms with E-state index in [0.29, 0.717) is 0 Å². The Labute approximate surface area is 64.8 Å². The zero-order valence-corrected chi connectivity index (χ0v) is 5.34. The van der Waals surface area contributed by atoms with Gasteiger partial charge in [0.25, 0.3) is 0 Å². The third-order valence-electron chi connectivity index (χ3n) is 0.925. The van der Waals surface area contributed by atoms with Crippen molar-refractivity contribution in [3.05, 3.63) is 0 Å². The standard InChI is InChI=1S/C3F8O2/c4-1(5,2(6,7)12-10)3(8,9)13-11. The summed E-state index contributed by atoms with van der Waals surface area (Å²) in [5.74, 6) is -6.47. The van der Waals surface area contributed by atoms with Crippen molar-refractivity contribution in [3.63, 3.8) is 0 Å². The Morgan fingerprint density at radius 3 is 1.00 bits per heavy atom. The molecule has 0 saturated heterocycles. The van der Waals surface area contributed by atoms with Gasteiger partial charge in [0, 0.05) is 0 Å². The van der Waals surface area contributed by atoms with Gasteiger partial charge in [-0.2, -0.15) is 26.3 Å². The van der Waals surface area contributed by atoms with E-state index in [-0.39, 0.29) is 0 Å². The predicted molar refractivity (Wildman–Crippen MR) is 19.2 cm³/mol. The van der Waals surface area contributed by atoms with Crippen LogP contribution in [-0.2, 0) is 9.88 Å². The molecule has 0 N–H and O–H groups in total. The van der Waals surface area contributed by atoms with E-state index in [9.17, 15) is 35.4 Å². The summed E-state index contributed by atoms with van der Waals surface area (Å²) in [6.07, 6.45) is -12.4. The highest BCUT2D eigenvalue weighted by atomic mass is 19.4. The topological polar surface area (TPSA) is 18.5 Å². The second kappa shape index (κ2) is 3.25. The lowest BCUT2D eigenvalue weighted by molar-refractivity contribution is -0.513. The first-order chi connectivity index (χ1) is 5.62. The van der Waals surface area contributed by atoms with Crippen LogP contribution in [-0.4, -0.2) is 18.1 Å². The molecular formula is C3F8O2. The van der Waals surface area contributed by atoms with Crippen molar-refractivity contribution in [2.75, 3.05) is 0 Å². The summed E-state index contributed by atoms with van der Waals surface area (Å²) in [4.78, 5) is 2.56. The van der Waals surface area contributed by atoms with Crippen LogP contribution in [0, 0.1) is 0 Å². The zero-order valence-electron chi connectivity index (χ0n) is 5.34. The van der Waals surface area contributed by atoms with Gasteiger partial charge in [-0.25, -0.2) is 0 Å². The van der Waals surface area contributed by atoms with Crippen molar-refractivity contribution in [2.45, 2.75) is 18.1 Å². The minimum absolute atomic E-state index is 1.28. The molecule has 0 aromatic carbocycles. The van der Waals surface area contributed by atoms with E-state index in [4.69, 9.17) is 0 Å². The first-order valence-corrected chi connectivity index (χ1v) is 2.35. The van der Waals surface area contributed by atoms with Gasteiger partial charge in [-0.05, 0) is 9.05 Å². The Morgan fingerprint density at radius 1 is 0.615 bits per heavy atom. The van der Waals surface area contributed by atoms with Crippen LogP contribution in [0.15, 0.2) is 0 Å². The van der Waals surface area contributed by atoms with Crippen LogP contribution >= 0.6 is 0 Å². The van der Waals surface area contributed by atoms with E-state index in [2.05, 4.69) is 0 Å². The molecule has 2 nitrogen and oxygen atoms in total. The number of hydrogen-bond acceptors (Lipinski definition) is 2. The maximum absolute atomic E-state index is 11.8. The summed E-state index contributed by atoms with van der Waals surface area (Å²) in [6, 6.07) is 0.